The summed E-state index contributed by atoms with van der Waals surface area (Å²) in [5.41, 5.74) is 8.64. The third kappa shape index (κ3) is 4.44. The number of ether oxygens (including phenoxy) is 3. The van der Waals surface area contributed by atoms with Crippen LogP contribution < -0.4 is 20.1 Å². The predicted octanol–water partition coefficient (Wildman–Crippen LogP) is 1.45. The number of aromatic nitrogens is 4. The van der Waals surface area contributed by atoms with E-state index in [4.69, 9.17) is 24.9 Å². The summed E-state index contributed by atoms with van der Waals surface area (Å²) in [6.07, 6.45) is 1.68. The highest BCUT2D eigenvalue weighted by molar-refractivity contribution is 5.86. The summed E-state index contributed by atoms with van der Waals surface area (Å²) in [7, 11) is 4.94. The van der Waals surface area contributed by atoms with Crippen molar-refractivity contribution in [1.29, 1.82) is 0 Å². The number of nitrogen functional groups attached to an aromatic ring is 1. The van der Waals surface area contributed by atoms with Gasteiger partial charge in [0.1, 0.15) is 0 Å². The van der Waals surface area contributed by atoms with E-state index in [9.17, 15) is 0 Å². The molecule has 0 unspecified atom stereocenters. The molecule has 0 atom stereocenters. The van der Waals surface area contributed by atoms with E-state index >= 15 is 0 Å². The van der Waals surface area contributed by atoms with E-state index in [1.165, 1.54) is 0 Å². The van der Waals surface area contributed by atoms with Crippen molar-refractivity contribution in [3.8, 4) is 22.8 Å². The zero-order valence-corrected chi connectivity index (χ0v) is 18.0. The first-order chi connectivity index (χ1) is 15.1. The molecule has 2 N–H and O–H groups in total. The molecule has 1 aliphatic rings. The number of anilines is 2. The van der Waals surface area contributed by atoms with Crippen LogP contribution in [0.15, 0.2) is 24.4 Å². The molecular formula is C21H27N7O3. The summed E-state index contributed by atoms with van der Waals surface area (Å²) in [5.74, 6) is 2.19. The zero-order chi connectivity index (χ0) is 21.8. The maximum Gasteiger partial charge on any atom is 0.224 e. The van der Waals surface area contributed by atoms with E-state index in [0.717, 1.165) is 44.9 Å². The van der Waals surface area contributed by atoms with Crippen LogP contribution in [0.4, 0.5) is 11.8 Å². The van der Waals surface area contributed by atoms with Gasteiger partial charge in [-0.05, 0) is 18.2 Å². The van der Waals surface area contributed by atoms with E-state index in [0.29, 0.717) is 34.2 Å². The molecule has 3 aromatic rings. The summed E-state index contributed by atoms with van der Waals surface area (Å²) in [6.45, 7) is 5.11. The molecule has 0 amide bonds. The summed E-state index contributed by atoms with van der Waals surface area (Å²) < 4.78 is 15.9. The van der Waals surface area contributed by atoms with Crippen LogP contribution in [0.1, 0.15) is 0 Å². The average Bonchev–Trinajstić information content (AvgIpc) is 2.81. The van der Waals surface area contributed by atoms with Crippen LogP contribution in [0.2, 0.25) is 0 Å². The zero-order valence-electron chi connectivity index (χ0n) is 18.0. The highest BCUT2D eigenvalue weighted by Crippen LogP contribution is 2.32. The van der Waals surface area contributed by atoms with Crippen LogP contribution >= 0.6 is 0 Å². The molecule has 0 aliphatic carbocycles. The third-order valence-corrected chi connectivity index (χ3v) is 5.37. The van der Waals surface area contributed by atoms with Gasteiger partial charge in [0, 0.05) is 45.4 Å². The lowest BCUT2D eigenvalue weighted by atomic mass is 10.1. The first-order valence-electron chi connectivity index (χ1n) is 10.1. The van der Waals surface area contributed by atoms with Gasteiger partial charge in [0.05, 0.1) is 32.7 Å². The van der Waals surface area contributed by atoms with E-state index in [-0.39, 0.29) is 5.95 Å². The molecule has 1 saturated heterocycles. The molecule has 4 rings (SSSR count). The van der Waals surface area contributed by atoms with Gasteiger partial charge < -0.3 is 24.8 Å². The summed E-state index contributed by atoms with van der Waals surface area (Å²) in [4.78, 5) is 22.7. The first-order valence-corrected chi connectivity index (χ1v) is 10.1. The fraction of sp³-hybridized carbons (Fsp3) is 0.429. The molecule has 10 heteroatoms. The number of benzene rings is 1. The van der Waals surface area contributed by atoms with Gasteiger partial charge in [0.2, 0.25) is 5.95 Å². The molecule has 10 nitrogen and oxygen atoms in total. The molecule has 0 bridgehead atoms. The third-order valence-electron chi connectivity index (χ3n) is 5.37. The monoisotopic (exact) mass is 425 g/mol. The van der Waals surface area contributed by atoms with E-state index < -0.39 is 0 Å². The first kappa shape index (κ1) is 21.0. The lowest BCUT2D eigenvalue weighted by Crippen LogP contribution is -2.47. The van der Waals surface area contributed by atoms with Gasteiger partial charge in [-0.15, -0.1) is 0 Å². The number of hydrogen-bond acceptors (Lipinski definition) is 10. The Hall–Kier alpha value is -3.24. The van der Waals surface area contributed by atoms with E-state index in [1.54, 1.807) is 27.5 Å². The van der Waals surface area contributed by atoms with Gasteiger partial charge >= 0.3 is 0 Å². The number of methoxy groups -OCH3 is 3. The molecule has 164 valence electrons. The maximum atomic E-state index is 5.97. The Bertz CT molecular complexity index is 1050. The number of hydrogen-bond donors (Lipinski definition) is 1. The van der Waals surface area contributed by atoms with E-state index in [1.807, 2.05) is 18.2 Å². The quantitative estimate of drug-likeness (QED) is 0.597. The minimum atomic E-state index is 0.192. The number of rotatable bonds is 7. The highest BCUT2D eigenvalue weighted by Gasteiger charge is 2.22. The lowest BCUT2D eigenvalue weighted by molar-refractivity contribution is 0.144. The molecule has 2 aromatic heterocycles. The van der Waals surface area contributed by atoms with E-state index in [2.05, 4.69) is 24.8 Å². The van der Waals surface area contributed by atoms with Crippen molar-refractivity contribution in [3.63, 3.8) is 0 Å². The van der Waals surface area contributed by atoms with Crippen molar-refractivity contribution < 1.29 is 14.2 Å². The van der Waals surface area contributed by atoms with Gasteiger partial charge in [0.25, 0.3) is 0 Å². The fourth-order valence-electron chi connectivity index (χ4n) is 3.67. The minimum absolute atomic E-state index is 0.192. The standard InChI is InChI=1S/C21H27N7O3/c1-29-11-10-27-6-8-28(9-7-27)20-18-19(25-21(22)26-20)23-13-15(24-18)14-4-5-16(30-2)17(12-14)31-3/h4-5,12-13H,6-11H2,1-3H3,(H2,22,23,25,26). The second kappa shape index (κ2) is 9.27. The van der Waals surface area contributed by atoms with Crippen molar-refractivity contribution in [2.45, 2.75) is 0 Å². The Balaban J connectivity index is 1.67. The van der Waals surface area contributed by atoms with Gasteiger partial charge in [-0.25, -0.2) is 9.97 Å². The molecule has 1 fully saturated rings. The van der Waals surface area contributed by atoms with Crippen molar-refractivity contribution in [3.05, 3.63) is 24.4 Å². The SMILES string of the molecule is COCCN1CCN(c2nc(N)nc3ncc(-c4ccc(OC)c(OC)c4)nc23)CC1. The van der Waals surface area contributed by atoms with Crippen molar-refractivity contribution >= 4 is 22.9 Å². The van der Waals surface area contributed by atoms with Crippen LogP contribution in [0.5, 0.6) is 11.5 Å². The van der Waals surface area contributed by atoms with Crippen LogP contribution in [0, 0.1) is 0 Å². The Morgan fingerprint density at radius 2 is 1.74 bits per heavy atom. The van der Waals surface area contributed by atoms with Crippen molar-refractivity contribution in [2.24, 2.45) is 0 Å². The summed E-state index contributed by atoms with van der Waals surface area (Å²) in [5, 5.41) is 0. The second-order valence-electron chi connectivity index (χ2n) is 7.22. The molecule has 1 aromatic carbocycles. The van der Waals surface area contributed by atoms with Crippen molar-refractivity contribution in [1.82, 2.24) is 24.8 Å². The Morgan fingerprint density at radius 1 is 0.968 bits per heavy atom. The second-order valence-corrected chi connectivity index (χ2v) is 7.22. The molecule has 3 heterocycles. The minimum Gasteiger partial charge on any atom is -0.493 e. The molecular weight excluding hydrogens is 398 g/mol. The molecule has 0 saturated carbocycles. The molecule has 1 aliphatic heterocycles. The van der Waals surface area contributed by atoms with Crippen LogP contribution in [-0.2, 0) is 4.74 Å². The number of fused-ring (bicyclic) bond motifs is 1. The lowest BCUT2D eigenvalue weighted by Gasteiger charge is -2.35. The molecule has 0 spiro atoms. The highest BCUT2D eigenvalue weighted by atomic mass is 16.5. The smallest absolute Gasteiger partial charge is 0.224 e. The largest absolute Gasteiger partial charge is 0.493 e. The molecule has 31 heavy (non-hydrogen) atoms. The van der Waals surface area contributed by atoms with Gasteiger partial charge in [0.15, 0.2) is 28.5 Å². The number of nitrogens with two attached hydrogens (primary N) is 1. The fourth-order valence-corrected chi connectivity index (χ4v) is 3.67. The number of nitrogens with zero attached hydrogens (tertiary/aromatic N) is 6. The van der Waals surface area contributed by atoms with Crippen LogP contribution in [0.25, 0.3) is 22.4 Å². The van der Waals surface area contributed by atoms with Gasteiger partial charge in [-0.1, -0.05) is 0 Å². The Kier molecular flexibility index (Phi) is 6.28. The van der Waals surface area contributed by atoms with Crippen LogP contribution in [0.3, 0.4) is 0 Å². The normalized spacial score (nSPS) is 14.7. The van der Waals surface area contributed by atoms with Gasteiger partial charge in [-0.3, -0.25) is 4.90 Å². The topological polar surface area (TPSA) is 112 Å². The van der Waals surface area contributed by atoms with Crippen molar-refractivity contribution in [2.75, 3.05) is 71.3 Å². The summed E-state index contributed by atoms with van der Waals surface area (Å²) in [6, 6.07) is 5.64. The molecule has 0 radical (unpaired) electrons. The predicted molar refractivity (Wildman–Crippen MR) is 119 cm³/mol. The number of piperazine rings is 1. The average molecular weight is 425 g/mol. The Morgan fingerprint density at radius 3 is 2.45 bits per heavy atom. The maximum absolute atomic E-state index is 5.97. The van der Waals surface area contributed by atoms with Gasteiger partial charge in [-0.2, -0.15) is 9.97 Å². The Labute approximate surface area is 181 Å². The van der Waals surface area contributed by atoms with Crippen LogP contribution in [-0.4, -0.2) is 85.5 Å². The summed E-state index contributed by atoms with van der Waals surface area (Å²) >= 11 is 0.